The third-order valence-electron chi connectivity index (χ3n) is 2.64. The van der Waals surface area contributed by atoms with E-state index < -0.39 is 0 Å². The number of benzene rings is 1. The second-order valence-electron chi connectivity index (χ2n) is 3.92. The minimum Gasteiger partial charge on any atom is -0.471 e. The molecule has 5 nitrogen and oxygen atoms in total. The molecule has 2 N–H and O–H groups in total. The molecule has 5 heteroatoms. The van der Waals surface area contributed by atoms with Crippen molar-refractivity contribution in [1.29, 1.82) is 0 Å². The quantitative estimate of drug-likeness (QED) is 0.710. The Labute approximate surface area is 104 Å². The van der Waals surface area contributed by atoms with Gasteiger partial charge in [-0.05, 0) is 23.8 Å². The molecule has 0 saturated carbocycles. The molecule has 90 valence electrons. The van der Waals surface area contributed by atoms with Crippen molar-refractivity contribution < 1.29 is 4.74 Å². The minimum absolute atomic E-state index is 0.456. The molecule has 2 heterocycles. The van der Waals surface area contributed by atoms with Crippen molar-refractivity contribution in [3.8, 4) is 5.88 Å². The van der Waals surface area contributed by atoms with E-state index in [0.29, 0.717) is 12.5 Å². The van der Waals surface area contributed by atoms with Crippen LogP contribution in [-0.4, -0.2) is 14.6 Å². The van der Waals surface area contributed by atoms with Gasteiger partial charge in [0, 0.05) is 18.1 Å². The van der Waals surface area contributed by atoms with E-state index in [2.05, 4.69) is 10.1 Å². The molecule has 3 aromatic rings. The standard InChI is InChI=1S/C13H12N4O/c14-11-3-1-10(2-4-11)9-18-13-12-5-6-16-17(12)8-7-15-13/h1-8H,9,14H2. The molecule has 0 saturated heterocycles. The highest BCUT2D eigenvalue weighted by Gasteiger charge is 2.04. The lowest BCUT2D eigenvalue weighted by Gasteiger charge is -2.06. The van der Waals surface area contributed by atoms with E-state index in [1.54, 1.807) is 23.1 Å². The fourth-order valence-electron chi connectivity index (χ4n) is 1.71. The van der Waals surface area contributed by atoms with Gasteiger partial charge < -0.3 is 10.5 Å². The zero-order chi connectivity index (χ0) is 12.4. The summed E-state index contributed by atoms with van der Waals surface area (Å²) >= 11 is 0. The van der Waals surface area contributed by atoms with Crippen LogP contribution in [0, 0.1) is 0 Å². The Bertz CT molecular complexity index is 660. The summed E-state index contributed by atoms with van der Waals surface area (Å²) in [6.45, 7) is 0.456. The fraction of sp³-hybridized carbons (Fsp3) is 0.0769. The highest BCUT2D eigenvalue weighted by atomic mass is 16.5. The molecule has 0 aliphatic heterocycles. The number of nitrogens with zero attached hydrogens (tertiary/aromatic N) is 3. The monoisotopic (exact) mass is 240 g/mol. The lowest BCUT2D eigenvalue weighted by atomic mass is 10.2. The van der Waals surface area contributed by atoms with E-state index >= 15 is 0 Å². The number of nitrogen functional groups attached to an aromatic ring is 1. The first kappa shape index (κ1) is 10.6. The van der Waals surface area contributed by atoms with E-state index in [9.17, 15) is 0 Å². The van der Waals surface area contributed by atoms with Gasteiger partial charge in [-0.2, -0.15) is 5.10 Å². The van der Waals surface area contributed by atoms with Crippen LogP contribution in [0.15, 0.2) is 48.9 Å². The van der Waals surface area contributed by atoms with Crippen molar-refractivity contribution in [3.63, 3.8) is 0 Å². The zero-order valence-electron chi connectivity index (χ0n) is 9.65. The van der Waals surface area contributed by atoms with Crippen LogP contribution >= 0.6 is 0 Å². The van der Waals surface area contributed by atoms with Crippen LogP contribution < -0.4 is 10.5 Å². The molecular weight excluding hydrogens is 228 g/mol. The average Bonchev–Trinajstić information content (AvgIpc) is 2.87. The first-order valence-electron chi connectivity index (χ1n) is 5.58. The highest BCUT2D eigenvalue weighted by Crippen LogP contribution is 2.17. The maximum atomic E-state index is 5.69. The second-order valence-corrected chi connectivity index (χ2v) is 3.92. The summed E-state index contributed by atoms with van der Waals surface area (Å²) in [6, 6.07) is 9.44. The van der Waals surface area contributed by atoms with Crippen molar-refractivity contribution >= 4 is 11.2 Å². The second kappa shape index (κ2) is 4.37. The molecule has 18 heavy (non-hydrogen) atoms. The summed E-state index contributed by atoms with van der Waals surface area (Å²) in [5.74, 6) is 0.576. The normalized spacial score (nSPS) is 10.7. The van der Waals surface area contributed by atoms with Crippen LogP contribution in [0.3, 0.4) is 0 Å². The number of aromatic nitrogens is 3. The van der Waals surface area contributed by atoms with Crippen LogP contribution in [0.2, 0.25) is 0 Å². The third-order valence-corrected chi connectivity index (χ3v) is 2.64. The molecule has 0 unspecified atom stereocenters. The number of anilines is 1. The van der Waals surface area contributed by atoms with E-state index in [0.717, 1.165) is 16.8 Å². The van der Waals surface area contributed by atoms with Gasteiger partial charge in [0.1, 0.15) is 12.1 Å². The maximum Gasteiger partial charge on any atom is 0.240 e. The van der Waals surface area contributed by atoms with Crippen molar-refractivity contribution in [1.82, 2.24) is 14.6 Å². The van der Waals surface area contributed by atoms with Gasteiger partial charge in [-0.1, -0.05) is 12.1 Å². The Kier molecular flexibility index (Phi) is 2.57. The largest absolute Gasteiger partial charge is 0.471 e. The molecule has 0 fully saturated rings. The lowest BCUT2D eigenvalue weighted by Crippen LogP contribution is -2.00. The molecule has 0 spiro atoms. The van der Waals surface area contributed by atoms with Crippen LogP contribution in [0.25, 0.3) is 5.52 Å². The van der Waals surface area contributed by atoms with Gasteiger partial charge in [0.15, 0.2) is 0 Å². The molecule has 1 aromatic carbocycles. The Morgan fingerprint density at radius 1 is 1.11 bits per heavy atom. The summed E-state index contributed by atoms with van der Waals surface area (Å²) in [6.07, 6.45) is 5.16. The van der Waals surface area contributed by atoms with E-state index in [1.165, 1.54) is 0 Å². The maximum absolute atomic E-state index is 5.69. The third kappa shape index (κ3) is 1.98. The fourth-order valence-corrected chi connectivity index (χ4v) is 1.71. The first-order valence-corrected chi connectivity index (χ1v) is 5.58. The Balaban J connectivity index is 1.80. The molecule has 2 aromatic heterocycles. The molecule has 0 atom stereocenters. The SMILES string of the molecule is Nc1ccc(COc2nccn3nccc23)cc1. The summed E-state index contributed by atoms with van der Waals surface area (Å²) in [5, 5.41) is 4.13. The van der Waals surface area contributed by atoms with Crippen molar-refractivity contribution in [3.05, 3.63) is 54.5 Å². The summed E-state index contributed by atoms with van der Waals surface area (Å²) < 4.78 is 7.42. The summed E-state index contributed by atoms with van der Waals surface area (Å²) in [7, 11) is 0. The number of hydrogen-bond acceptors (Lipinski definition) is 4. The van der Waals surface area contributed by atoms with Crippen molar-refractivity contribution in [2.75, 3.05) is 5.73 Å². The predicted molar refractivity (Wildman–Crippen MR) is 68.2 cm³/mol. The number of hydrogen-bond donors (Lipinski definition) is 1. The van der Waals surface area contributed by atoms with Gasteiger partial charge in [0.05, 0.1) is 6.20 Å². The highest BCUT2D eigenvalue weighted by molar-refractivity contribution is 5.54. The Morgan fingerprint density at radius 2 is 1.94 bits per heavy atom. The molecule has 0 bridgehead atoms. The van der Waals surface area contributed by atoms with Crippen LogP contribution in [-0.2, 0) is 6.61 Å². The lowest BCUT2D eigenvalue weighted by molar-refractivity contribution is 0.296. The van der Waals surface area contributed by atoms with Crippen molar-refractivity contribution in [2.24, 2.45) is 0 Å². The van der Waals surface area contributed by atoms with Gasteiger partial charge >= 0.3 is 0 Å². The van der Waals surface area contributed by atoms with E-state index in [-0.39, 0.29) is 0 Å². The molecule has 0 aliphatic rings. The smallest absolute Gasteiger partial charge is 0.240 e. The van der Waals surface area contributed by atoms with Gasteiger partial charge in [0.2, 0.25) is 5.88 Å². The van der Waals surface area contributed by atoms with Crippen LogP contribution in [0.4, 0.5) is 5.69 Å². The molecule has 0 aliphatic carbocycles. The van der Waals surface area contributed by atoms with Crippen LogP contribution in [0.1, 0.15) is 5.56 Å². The van der Waals surface area contributed by atoms with Gasteiger partial charge in [-0.25, -0.2) is 9.50 Å². The Morgan fingerprint density at radius 3 is 2.78 bits per heavy atom. The molecule has 3 rings (SSSR count). The first-order chi connectivity index (χ1) is 8.83. The number of ether oxygens (including phenoxy) is 1. The average molecular weight is 240 g/mol. The summed E-state index contributed by atoms with van der Waals surface area (Å²) in [5.41, 5.74) is 8.28. The molecular formula is C13H12N4O. The number of rotatable bonds is 3. The predicted octanol–water partition coefficient (Wildman–Crippen LogP) is 1.89. The Hall–Kier alpha value is -2.56. The van der Waals surface area contributed by atoms with Gasteiger partial charge in [-0.3, -0.25) is 0 Å². The topological polar surface area (TPSA) is 65.4 Å². The van der Waals surface area contributed by atoms with Gasteiger partial charge in [0.25, 0.3) is 0 Å². The number of nitrogens with two attached hydrogens (primary N) is 1. The number of fused-ring (bicyclic) bond motifs is 1. The van der Waals surface area contributed by atoms with Crippen molar-refractivity contribution in [2.45, 2.75) is 6.61 Å². The van der Waals surface area contributed by atoms with Gasteiger partial charge in [-0.15, -0.1) is 0 Å². The summed E-state index contributed by atoms with van der Waals surface area (Å²) in [4.78, 5) is 4.20. The zero-order valence-corrected chi connectivity index (χ0v) is 9.65. The van der Waals surface area contributed by atoms with E-state index in [1.807, 2.05) is 30.3 Å². The van der Waals surface area contributed by atoms with Crippen LogP contribution in [0.5, 0.6) is 5.88 Å². The molecule has 0 amide bonds. The van der Waals surface area contributed by atoms with E-state index in [4.69, 9.17) is 10.5 Å². The molecule has 0 radical (unpaired) electrons. The minimum atomic E-state index is 0.456.